The minimum absolute atomic E-state index is 0.167. The quantitative estimate of drug-likeness (QED) is 0.612. The van der Waals surface area contributed by atoms with Crippen molar-refractivity contribution in [3.63, 3.8) is 0 Å². The van der Waals surface area contributed by atoms with Crippen LogP contribution in [0.3, 0.4) is 0 Å². The van der Waals surface area contributed by atoms with Gasteiger partial charge in [0.2, 0.25) is 0 Å². The Morgan fingerprint density at radius 3 is 2.45 bits per heavy atom. The van der Waals surface area contributed by atoms with Crippen LogP contribution in [0, 0.1) is 5.92 Å². The van der Waals surface area contributed by atoms with Gasteiger partial charge in [0.05, 0.1) is 12.2 Å². The van der Waals surface area contributed by atoms with Gasteiger partial charge in [-0.05, 0) is 13.8 Å². The summed E-state index contributed by atoms with van der Waals surface area (Å²) in [7, 11) is 0. The average molecular weight is 161 g/mol. The molecule has 68 valence electrons. The van der Waals surface area contributed by atoms with Gasteiger partial charge in [0.1, 0.15) is 0 Å². The Labute approximate surface area is 68.5 Å². The lowest BCUT2D eigenvalue weighted by atomic mass is 10.1. The molecule has 0 saturated carbocycles. The zero-order chi connectivity index (χ0) is 8.91. The highest BCUT2D eigenvalue weighted by molar-refractivity contribution is 4.69. The lowest BCUT2D eigenvalue weighted by Gasteiger charge is -2.24. The van der Waals surface area contributed by atoms with Crippen LogP contribution in [0.25, 0.3) is 0 Å². The van der Waals surface area contributed by atoms with Gasteiger partial charge in [-0.1, -0.05) is 6.92 Å². The third-order valence-corrected chi connectivity index (χ3v) is 1.56. The Kier molecular flexibility index (Phi) is 4.65. The average Bonchev–Trinajstić information content (AvgIpc) is 2.00. The van der Waals surface area contributed by atoms with E-state index in [1.54, 1.807) is 0 Å². The number of aliphatic hydroxyl groups excluding tert-OH is 1. The lowest BCUT2D eigenvalue weighted by Crippen LogP contribution is -2.35. The highest BCUT2D eigenvalue weighted by Gasteiger charge is 2.16. The molecular weight excluding hydrogens is 142 g/mol. The number of aliphatic hydroxyl groups is 1. The summed E-state index contributed by atoms with van der Waals surface area (Å²) in [4.78, 5) is 0. The molecule has 3 heteroatoms. The molecule has 0 amide bonds. The fraction of sp³-hybridized carbons (Fsp3) is 1.00. The second-order valence-electron chi connectivity index (χ2n) is 3.56. The van der Waals surface area contributed by atoms with Gasteiger partial charge in [0, 0.05) is 19.1 Å². The Bertz CT molecular complexity index is 104. The monoisotopic (exact) mass is 161 g/mol. The van der Waals surface area contributed by atoms with Gasteiger partial charge in [-0.3, -0.25) is 0 Å². The number of ether oxygens (including phenoxy) is 1. The van der Waals surface area contributed by atoms with Crippen LogP contribution in [0.1, 0.15) is 20.8 Å². The summed E-state index contributed by atoms with van der Waals surface area (Å²) in [5, 5.41) is 8.69. The van der Waals surface area contributed by atoms with Crippen LogP contribution in [-0.4, -0.2) is 30.5 Å². The molecule has 0 saturated heterocycles. The van der Waals surface area contributed by atoms with E-state index >= 15 is 0 Å². The van der Waals surface area contributed by atoms with Gasteiger partial charge in [-0.15, -0.1) is 0 Å². The molecule has 0 heterocycles. The molecule has 3 N–H and O–H groups in total. The van der Waals surface area contributed by atoms with Crippen LogP contribution in [0.2, 0.25) is 0 Å². The smallest absolute Gasteiger partial charge is 0.0748 e. The predicted molar refractivity (Wildman–Crippen MR) is 45.3 cm³/mol. The third-order valence-electron chi connectivity index (χ3n) is 1.56. The SMILES string of the molecule is CC(CO)COC(C)(C)CN. The zero-order valence-electron chi connectivity index (χ0n) is 7.63. The first-order valence-corrected chi connectivity index (χ1v) is 3.96. The maximum absolute atomic E-state index is 8.69. The van der Waals surface area contributed by atoms with Crippen molar-refractivity contribution in [2.75, 3.05) is 19.8 Å². The Balaban J connectivity index is 3.52. The van der Waals surface area contributed by atoms with Crippen molar-refractivity contribution in [2.24, 2.45) is 11.7 Å². The van der Waals surface area contributed by atoms with Gasteiger partial charge in [-0.2, -0.15) is 0 Å². The van der Waals surface area contributed by atoms with E-state index in [1.165, 1.54) is 0 Å². The van der Waals surface area contributed by atoms with Gasteiger partial charge in [0.15, 0.2) is 0 Å². The molecule has 0 bridgehead atoms. The highest BCUT2D eigenvalue weighted by atomic mass is 16.5. The summed E-state index contributed by atoms with van der Waals surface area (Å²) in [6.45, 7) is 7.06. The second-order valence-corrected chi connectivity index (χ2v) is 3.56. The van der Waals surface area contributed by atoms with Crippen molar-refractivity contribution in [3.8, 4) is 0 Å². The molecule has 0 aromatic heterocycles. The number of hydrogen-bond donors (Lipinski definition) is 2. The van der Waals surface area contributed by atoms with E-state index in [0.29, 0.717) is 13.2 Å². The topological polar surface area (TPSA) is 55.5 Å². The molecule has 11 heavy (non-hydrogen) atoms. The second kappa shape index (κ2) is 4.70. The lowest BCUT2D eigenvalue weighted by molar-refractivity contribution is -0.0337. The summed E-state index contributed by atoms with van der Waals surface area (Å²) in [5.74, 6) is 0.195. The minimum atomic E-state index is -0.260. The van der Waals surface area contributed by atoms with Crippen LogP contribution in [-0.2, 0) is 4.74 Å². The Morgan fingerprint density at radius 2 is 2.09 bits per heavy atom. The Hall–Kier alpha value is -0.120. The van der Waals surface area contributed by atoms with Crippen molar-refractivity contribution in [1.29, 1.82) is 0 Å². The van der Waals surface area contributed by atoms with Crippen molar-refractivity contribution >= 4 is 0 Å². The number of hydrogen-bond acceptors (Lipinski definition) is 3. The van der Waals surface area contributed by atoms with E-state index in [4.69, 9.17) is 15.6 Å². The van der Waals surface area contributed by atoms with Gasteiger partial charge < -0.3 is 15.6 Å². The van der Waals surface area contributed by atoms with E-state index in [2.05, 4.69) is 0 Å². The summed E-state index contributed by atoms with van der Waals surface area (Å²) in [5.41, 5.74) is 5.19. The normalized spacial score (nSPS) is 15.0. The number of rotatable bonds is 5. The molecule has 0 aliphatic rings. The summed E-state index contributed by atoms with van der Waals surface area (Å²) >= 11 is 0. The summed E-state index contributed by atoms with van der Waals surface area (Å²) in [6.07, 6.45) is 0. The highest BCUT2D eigenvalue weighted by Crippen LogP contribution is 2.08. The van der Waals surface area contributed by atoms with Crippen LogP contribution in [0.4, 0.5) is 0 Å². The van der Waals surface area contributed by atoms with E-state index in [-0.39, 0.29) is 18.1 Å². The molecule has 0 aromatic rings. The standard InChI is InChI=1S/C8H19NO2/c1-7(4-10)5-11-8(2,3)6-9/h7,10H,4-6,9H2,1-3H3. The summed E-state index contributed by atoms with van der Waals surface area (Å²) in [6, 6.07) is 0. The molecule has 3 nitrogen and oxygen atoms in total. The molecule has 0 aromatic carbocycles. The molecule has 1 atom stereocenters. The van der Waals surface area contributed by atoms with E-state index in [1.807, 2.05) is 20.8 Å². The van der Waals surface area contributed by atoms with E-state index in [9.17, 15) is 0 Å². The van der Waals surface area contributed by atoms with Gasteiger partial charge in [-0.25, -0.2) is 0 Å². The van der Waals surface area contributed by atoms with Crippen molar-refractivity contribution in [1.82, 2.24) is 0 Å². The first-order valence-electron chi connectivity index (χ1n) is 3.96. The first kappa shape index (κ1) is 10.9. The fourth-order valence-corrected chi connectivity index (χ4v) is 0.479. The van der Waals surface area contributed by atoms with Crippen molar-refractivity contribution < 1.29 is 9.84 Å². The third kappa shape index (κ3) is 5.18. The minimum Gasteiger partial charge on any atom is -0.396 e. The molecule has 0 fully saturated rings. The fourth-order valence-electron chi connectivity index (χ4n) is 0.479. The molecular formula is C8H19NO2. The molecule has 0 spiro atoms. The van der Waals surface area contributed by atoms with Crippen LogP contribution < -0.4 is 5.73 Å². The number of nitrogens with two attached hydrogens (primary N) is 1. The van der Waals surface area contributed by atoms with Crippen LogP contribution in [0.15, 0.2) is 0 Å². The molecule has 1 unspecified atom stereocenters. The predicted octanol–water partition coefficient (Wildman–Crippen LogP) is 0.369. The van der Waals surface area contributed by atoms with Crippen LogP contribution in [0.5, 0.6) is 0 Å². The maximum Gasteiger partial charge on any atom is 0.0748 e. The van der Waals surface area contributed by atoms with Crippen molar-refractivity contribution in [3.05, 3.63) is 0 Å². The largest absolute Gasteiger partial charge is 0.396 e. The van der Waals surface area contributed by atoms with Gasteiger partial charge >= 0.3 is 0 Å². The molecule has 0 rings (SSSR count). The summed E-state index contributed by atoms with van der Waals surface area (Å²) < 4.78 is 5.45. The first-order chi connectivity index (χ1) is 5.02. The molecule has 0 aliphatic heterocycles. The molecule has 0 aliphatic carbocycles. The molecule has 0 radical (unpaired) electrons. The zero-order valence-corrected chi connectivity index (χ0v) is 7.63. The maximum atomic E-state index is 8.69. The van der Waals surface area contributed by atoms with E-state index in [0.717, 1.165) is 0 Å². The Morgan fingerprint density at radius 1 is 1.55 bits per heavy atom. The van der Waals surface area contributed by atoms with Gasteiger partial charge in [0.25, 0.3) is 0 Å². The van der Waals surface area contributed by atoms with Crippen molar-refractivity contribution in [2.45, 2.75) is 26.4 Å². The van der Waals surface area contributed by atoms with E-state index < -0.39 is 0 Å². The van der Waals surface area contributed by atoms with Crippen LogP contribution >= 0.6 is 0 Å².